The molecule has 2 fully saturated rings. The summed E-state index contributed by atoms with van der Waals surface area (Å²) in [6, 6.07) is 3.03. The number of hydrogen-bond acceptors (Lipinski definition) is 9. The van der Waals surface area contributed by atoms with Gasteiger partial charge in [0.15, 0.2) is 5.78 Å². The quantitative estimate of drug-likeness (QED) is 0.298. The van der Waals surface area contributed by atoms with Gasteiger partial charge < -0.3 is 15.0 Å². The number of ketones is 1. The fraction of sp³-hybridized carbons (Fsp3) is 0.400. The van der Waals surface area contributed by atoms with Crippen LogP contribution in [-0.4, -0.2) is 70.7 Å². The summed E-state index contributed by atoms with van der Waals surface area (Å²) in [5.74, 6) is -1.48. The van der Waals surface area contributed by atoms with Crippen LogP contribution in [0.3, 0.4) is 0 Å². The second-order valence-electron chi connectivity index (χ2n) is 11.8. The summed E-state index contributed by atoms with van der Waals surface area (Å²) in [4.78, 5) is 58.5. The molecule has 12 nitrogen and oxygen atoms in total. The maximum absolute atomic E-state index is 13.9. The monoisotopic (exact) mass is 622 g/mol. The summed E-state index contributed by atoms with van der Waals surface area (Å²) < 4.78 is 43.6. The summed E-state index contributed by atoms with van der Waals surface area (Å²) >= 11 is 0. The van der Waals surface area contributed by atoms with Gasteiger partial charge in [-0.1, -0.05) is 13.0 Å². The SMILES string of the molecule is CC(=O)c1nn(CC(=O)N2[C@H](C(=O)Nc3nc(OC(F)(F)F)ccc3C)C[C@@]3(C)C[C@@H]23)c2c(C)nc(-c3cnc(C)nc3)cc12. The Bertz CT molecular complexity index is 1870. The number of fused-ring (bicyclic) bond motifs is 2. The lowest BCUT2D eigenvalue weighted by Crippen LogP contribution is -2.47. The molecule has 2 amide bonds. The van der Waals surface area contributed by atoms with Gasteiger partial charge in [0.1, 0.15) is 29.9 Å². The van der Waals surface area contributed by atoms with Gasteiger partial charge in [-0.3, -0.25) is 24.0 Å². The van der Waals surface area contributed by atoms with Crippen molar-refractivity contribution >= 4 is 34.3 Å². The molecule has 3 atom stereocenters. The first kappa shape index (κ1) is 30.1. The molecule has 4 aromatic rings. The number of carbonyl (C=O) groups is 3. The topological polar surface area (TPSA) is 145 Å². The summed E-state index contributed by atoms with van der Waals surface area (Å²) in [5.41, 5.74) is 2.56. The minimum atomic E-state index is -4.95. The fourth-order valence-electron chi connectivity index (χ4n) is 6.03. The second kappa shape index (κ2) is 10.6. The summed E-state index contributed by atoms with van der Waals surface area (Å²) in [6.45, 7) is 8.21. The molecule has 0 unspecified atom stereocenters. The van der Waals surface area contributed by atoms with Gasteiger partial charge in [0.25, 0.3) is 0 Å². The van der Waals surface area contributed by atoms with E-state index in [1.165, 1.54) is 22.6 Å². The van der Waals surface area contributed by atoms with Crippen LogP contribution in [0.5, 0.6) is 5.88 Å². The molecule has 6 rings (SSSR count). The molecule has 45 heavy (non-hydrogen) atoms. The van der Waals surface area contributed by atoms with E-state index < -0.39 is 30.1 Å². The van der Waals surface area contributed by atoms with Crippen molar-refractivity contribution in [1.29, 1.82) is 0 Å². The van der Waals surface area contributed by atoms with Crippen molar-refractivity contribution in [2.75, 3.05) is 5.32 Å². The number of aryl methyl sites for hydroxylation is 3. The summed E-state index contributed by atoms with van der Waals surface area (Å²) in [7, 11) is 0. The predicted octanol–water partition coefficient (Wildman–Crippen LogP) is 4.33. The number of aromatic nitrogens is 6. The van der Waals surface area contributed by atoms with Crippen molar-refractivity contribution in [1.82, 2.24) is 34.6 Å². The van der Waals surface area contributed by atoms with Crippen molar-refractivity contribution < 1.29 is 32.3 Å². The molecule has 1 aliphatic heterocycles. The third-order valence-electron chi connectivity index (χ3n) is 8.36. The number of Topliss-reactive ketones (excluding diaryl/α,β-unsaturated/α-hetero) is 1. The molecule has 1 saturated heterocycles. The van der Waals surface area contributed by atoms with Gasteiger partial charge in [-0.2, -0.15) is 10.1 Å². The van der Waals surface area contributed by atoms with Crippen molar-refractivity contribution in [3.63, 3.8) is 0 Å². The molecule has 4 aromatic heterocycles. The number of alkyl halides is 3. The first-order valence-corrected chi connectivity index (χ1v) is 14.2. The van der Waals surface area contributed by atoms with Crippen LogP contribution in [0.15, 0.2) is 30.6 Å². The van der Waals surface area contributed by atoms with E-state index >= 15 is 0 Å². The van der Waals surface area contributed by atoms with Crippen LogP contribution in [0.4, 0.5) is 19.0 Å². The highest BCUT2D eigenvalue weighted by atomic mass is 19.4. The second-order valence-corrected chi connectivity index (χ2v) is 11.8. The number of carbonyl (C=O) groups excluding carboxylic acids is 3. The maximum atomic E-state index is 13.9. The maximum Gasteiger partial charge on any atom is 0.574 e. The van der Waals surface area contributed by atoms with Gasteiger partial charge in [-0.25, -0.2) is 9.97 Å². The van der Waals surface area contributed by atoms with E-state index in [9.17, 15) is 27.6 Å². The Morgan fingerprint density at radius 3 is 2.47 bits per heavy atom. The number of ether oxygens (including phenoxy) is 1. The van der Waals surface area contributed by atoms with E-state index in [0.717, 1.165) is 6.07 Å². The highest BCUT2D eigenvalue weighted by Gasteiger charge is 2.64. The normalized spacial score (nSPS) is 20.7. The van der Waals surface area contributed by atoms with E-state index in [-0.39, 0.29) is 35.3 Å². The number of pyridine rings is 2. The van der Waals surface area contributed by atoms with Gasteiger partial charge in [-0.05, 0) is 50.7 Å². The van der Waals surface area contributed by atoms with Crippen molar-refractivity contribution in [2.24, 2.45) is 5.41 Å². The Kier molecular flexibility index (Phi) is 7.08. The largest absolute Gasteiger partial charge is 0.574 e. The van der Waals surface area contributed by atoms with Crippen molar-refractivity contribution in [3.8, 4) is 17.1 Å². The molecule has 234 valence electrons. The zero-order valence-electron chi connectivity index (χ0n) is 25.1. The Morgan fingerprint density at radius 2 is 1.80 bits per heavy atom. The molecule has 1 saturated carbocycles. The van der Waals surface area contributed by atoms with Gasteiger partial charge in [-0.15, -0.1) is 13.2 Å². The number of halogens is 3. The Balaban J connectivity index is 1.28. The smallest absolute Gasteiger partial charge is 0.388 e. The minimum absolute atomic E-state index is 0.0967. The van der Waals surface area contributed by atoms with Crippen LogP contribution >= 0.6 is 0 Å². The van der Waals surface area contributed by atoms with Crippen LogP contribution in [-0.2, 0) is 16.1 Å². The third kappa shape index (κ3) is 5.69. The number of anilines is 1. The molecule has 0 bridgehead atoms. The third-order valence-corrected chi connectivity index (χ3v) is 8.36. The zero-order valence-corrected chi connectivity index (χ0v) is 25.1. The first-order valence-electron chi connectivity index (χ1n) is 14.2. The van der Waals surface area contributed by atoms with Crippen LogP contribution < -0.4 is 10.1 Å². The molecule has 2 aliphatic rings. The number of likely N-dealkylation sites (tertiary alicyclic amines) is 1. The number of piperidine rings is 1. The van der Waals surface area contributed by atoms with Crippen molar-refractivity contribution in [3.05, 3.63) is 53.4 Å². The van der Waals surface area contributed by atoms with E-state index in [2.05, 4.69) is 35.1 Å². The molecule has 0 aromatic carbocycles. The first-order chi connectivity index (χ1) is 21.1. The molecule has 0 radical (unpaired) electrons. The van der Waals surface area contributed by atoms with E-state index in [4.69, 9.17) is 0 Å². The molecular weight excluding hydrogens is 593 g/mol. The Labute approximate surface area is 255 Å². The van der Waals surface area contributed by atoms with Crippen LogP contribution in [0.2, 0.25) is 0 Å². The van der Waals surface area contributed by atoms with Gasteiger partial charge >= 0.3 is 6.36 Å². The molecule has 1 aliphatic carbocycles. The highest BCUT2D eigenvalue weighted by Crippen LogP contribution is 2.59. The van der Waals surface area contributed by atoms with E-state index in [1.807, 2.05) is 6.92 Å². The number of hydrogen-bond donors (Lipinski definition) is 1. The Morgan fingerprint density at radius 1 is 1.09 bits per heavy atom. The lowest BCUT2D eigenvalue weighted by Gasteiger charge is -2.27. The van der Waals surface area contributed by atoms with Gasteiger partial charge in [0.05, 0.1) is 16.9 Å². The molecule has 0 spiro atoms. The average molecular weight is 623 g/mol. The average Bonchev–Trinajstić information content (AvgIpc) is 3.30. The number of nitrogens with zero attached hydrogens (tertiary/aromatic N) is 7. The van der Waals surface area contributed by atoms with Gasteiger partial charge in [0.2, 0.25) is 17.7 Å². The van der Waals surface area contributed by atoms with Crippen molar-refractivity contribution in [2.45, 2.75) is 72.5 Å². The molecule has 1 N–H and O–H groups in total. The molecular formula is C30H29F3N8O4. The number of nitrogens with one attached hydrogen (secondary N) is 1. The van der Waals surface area contributed by atoms with E-state index in [0.29, 0.717) is 52.1 Å². The fourth-order valence-corrected chi connectivity index (χ4v) is 6.03. The molecule has 5 heterocycles. The predicted molar refractivity (Wildman–Crippen MR) is 154 cm³/mol. The standard InChI is InChI=1S/C30H29F3N8O4/c1-14-6-7-23(45-30(31,32)33)37-27(14)38-28(44)21-9-29(5)10-22(29)41(21)24(43)13-40-26-15(2)36-20(18-11-34-17(4)35-12-18)8-19(26)25(39-40)16(3)42/h6-8,11-12,21-22H,9-10,13H2,1-5H3,(H,37,38,44)/t21-,22+,29-/m0/s1. The molecule has 15 heteroatoms. The summed E-state index contributed by atoms with van der Waals surface area (Å²) in [5, 5.41) is 7.60. The minimum Gasteiger partial charge on any atom is -0.388 e. The Hall–Kier alpha value is -4.95. The highest BCUT2D eigenvalue weighted by molar-refractivity contribution is 6.06. The lowest BCUT2D eigenvalue weighted by atomic mass is 10.0. The zero-order chi connectivity index (χ0) is 32.4. The van der Waals surface area contributed by atoms with Crippen LogP contribution in [0.1, 0.15) is 54.3 Å². The van der Waals surface area contributed by atoms with Gasteiger partial charge in [0, 0.05) is 42.4 Å². The number of rotatable bonds is 7. The van der Waals surface area contributed by atoms with Crippen LogP contribution in [0, 0.1) is 26.2 Å². The van der Waals surface area contributed by atoms with E-state index in [1.54, 1.807) is 39.2 Å². The number of amides is 2. The van der Waals surface area contributed by atoms with Crippen LogP contribution in [0.25, 0.3) is 22.2 Å². The summed E-state index contributed by atoms with van der Waals surface area (Å²) in [6.07, 6.45) is -0.597. The lowest BCUT2D eigenvalue weighted by molar-refractivity contribution is -0.276.